The van der Waals surface area contributed by atoms with Gasteiger partial charge in [-0.15, -0.1) is 0 Å². The highest BCUT2D eigenvalue weighted by Gasteiger charge is 2.37. The first-order valence-corrected chi connectivity index (χ1v) is 9.99. The number of nitrogens with one attached hydrogen (secondary N) is 1. The van der Waals surface area contributed by atoms with Crippen molar-refractivity contribution in [3.8, 4) is 11.5 Å². The van der Waals surface area contributed by atoms with Crippen molar-refractivity contribution in [3.63, 3.8) is 0 Å². The molecule has 0 aliphatic carbocycles. The smallest absolute Gasteiger partial charge is 0.335 e. The van der Waals surface area contributed by atoms with Crippen LogP contribution in [0.5, 0.6) is 11.5 Å². The Kier molecular flexibility index (Phi) is 6.43. The summed E-state index contributed by atoms with van der Waals surface area (Å²) in [6.07, 6.45) is 1.40. The largest absolute Gasteiger partial charge is 0.492 e. The molecule has 0 atom stereocenters. The highest BCUT2D eigenvalue weighted by molar-refractivity contribution is 14.1. The lowest BCUT2D eigenvalue weighted by Crippen LogP contribution is -2.54. The number of amides is 4. The van der Waals surface area contributed by atoms with Crippen LogP contribution in [0.4, 0.5) is 10.5 Å². The second-order valence-electron chi connectivity index (χ2n) is 5.88. The number of methoxy groups -OCH3 is 1. The molecule has 1 N–H and O–H groups in total. The molecule has 2 aromatic rings. The van der Waals surface area contributed by atoms with E-state index in [2.05, 4.69) is 27.9 Å². The molecule has 2 aromatic carbocycles. The van der Waals surface area contributed by atoms with Gasteiger partial charge in [-0.05, 0) is 65.4 Å². The number of hydrogen-bond donors (Lipinski definition) is 1. The number of barbiturate groups is 1. The highest BCUT2D eigenvalue weighted by Crippen LogP contribution is 2.35. The predicted octanol–water partition coefficient (Wildman–Crippen LogP) is 4.02. The number of imide groups is 2. The maximum Gasteiger partial charge on any atom is 0.335 e. The SMILES string of the molecule is CCOc1cc(/C=C2\C(=O)NC(=O)N(c3ccccc3Cl)C2=O)cc(I)c1OC. The van der Waals surface area contributed by atoms with Gasteiger partial charge in [-0.1, -0.05) is 23.7 Å². The van der Waals surface area contributed by atoms with Gasteiger partial charge in [-0.2, -0.15) is 0 Å². The Bertz CT molecular complexity index is 1040. The zero-order chi connectivity index (χ0) is 21.1. The van der Waals surface area contributed by atoms with Gasteiger partial charge in [0.1, 0.15) is 5.57 Å². The fraction of sp³-hybridized carbons (Fsp3) is 0.150. The summed E-state index contributed by atoms with van der Waals surface area (Å²) in [6.45, 7) is 2.25. The van der Waals surface area contributed by atoms with Crippen LogP contribution in [0.2, 0.25) is 5.02 Å². The maximum atomic E-state index is 13.0. The average molecular weight is 527 g/mol. The zero-order valence-electron chi connectivity index (χ0n) is 15.5. The Morgan fingerprint density at radius 1 is 1.21 bits per heavy atom. The van der Waals surface area contributed by atoms with Crippen molar-refractivity contribution in [1.29, 1.82) is 0 Å². The molecule has 4 amide bonds. The minimum Gasteiger partial charge on any atom is -0.492 e. The Hall–Kier alpha value is -2.59. The third kappa shape index (κ3) is 4.23. The van der Waals surface area contributed by atoms with Crippen molar-refractivity contribution in [1.82, 2.24) is 5.32 Å². The number of rotatable bonds is 5. The minimum absolute atomic E-state index is 0.189. The lowest BCUT2D eigenvalue weighted by atomic mass is 10.1. The number of urea groups is 1. The Labute approximate surface area is 185 Å². The molecular weight excluding hydrogens is 511 g/mol. The lowest BCUT2D eigenvalue weighted by Gasteiger charge is -2.27. The Balaban J connectivity index is 2.06. The van der Waals surface area contributed by atoms with Crippen molar-refractivity contribution in [2.24, 2.45) is 0 Å². The Morgan fingerprint density at radius 2 is 1.93 bits per heavy atom. The lowest BCUT2D eigenvalue weighted by molar-refractivity contribution is -0.122. The average Bonchev–Trinajstić information content (AvgIpc) is 2.67. The van der Waals surface area contributed by atoms with E-state index >= 15 is 0 Å². The summed E-state index contributed by atoms with van der Waals surface area (Å²) in [5.41, 5.74) is 0.535. The second-order valence-corrected chi connectivity index (χ2v) is 7.45. The van der Waals surface area contributed by atoms with Crippen molar-refractivity contribution in [3.05, 3.63) is 56.1 Å². The van der Waals surface area contributed by atoms with Gasteiger partial charge in [-0.25, -0.2) is 9.69 Å². The number of halogens is 2. The molecule has 150 valence electrons. The van der Waals surface area contributed by atoms with Gasteiger partial charge in [0.2, 0.25) is 0 Å². The van der Waals surface area contributed by atoms with E-state index in [-0.39, 0.29) is 16.3 Å². The zero-order valence-corrected chi connectivity index (χ0v) is 18.4. The number of carbonyl (C=O) groups is 3. The molecule has 0 radical (unpaired) electrons. The van der Waals surface area contributed by atoms with Crippen LogP contribution in [-0.2, 0) is 9.59 Å². The molecule has 7 nitrogen and oxygen atoms in total. The summed E-state index contributed by atoms with van der Waals surface area (Å²) in [5.74, 6) is -0.513. The molecule has 0 saturated carbocycles. The second kappa shape index (κ2) is 8.83. The van der Waals surface area contributed by atoms with Crippen LogP contribution in [0.25, 0.3) is 6.08 Å². The molecule has 1 fully saturated rings. The van der Waals surface area contributed by atoms with Gasteiger partial charge in [0, 0.05) is 0 Å². The summed E-state index contributed by atoms with van der Waals surface area (Å²) in [7, 11) is 1.53. The molecule has 0 bridgehead atoms. The molecular formula is C20H16ClIN2O5. The third-order valence-electron chi connectivity index (χ3n) is 4.04. The molecule has 0 aromatic heterocycles. The maximum absolute atomic E-state index is 13.0. The molecule has 3 rings (SSSR count). The molecule has 1 aliphatic rings. The number of carbonyl (C=O) groups excluding carboxylic acids is 3. The fourth-order valence-electron chi connectivity index (χ4n) is 2.81. The van der Waals surface area contributed by atoms with Gasteiger partial charge in [0.05, 0.1) is 28.0 Å². The van der Waals surface area contributed by atoms with Gasteiger partial charge in [0.15, 0.2) is 11.5 Å². The van der Waals surface area contributed by atoms with Crippen LogP contribution in [-0.4, -0.2) is 31.6 Å². The summed E-state index contributed by atoms with van der Waals surface area (Å²) < 4.78 is 11.7. The molecule has 1 heterocycles. The van der Waals surface area contributed by atoms with E-state index in [9.17, 15) is 14.4 Å². The van der Waals surface area contributed by atoms with Crippen LogP contribution in [0, 0.1) is 3.57 Å². The summed E-state index contributed by atoms with van der Waals surface area (Å²) >= 11 is 8.21. The first-order chi connectivity index (χ1) is 13.9. The number of ether oxygens (including phenoxy) is 2. The van der Waals surface area contributed by atoms with Crippen LogP contribution in [0.15, 0.2) is 42.0 Å². The normalized spacial score (nSPS) is 15.5. The van der Waals surface area contributed by atoms with Gasteiger partial charge >= 0.3 is 6.03 Å². The van der Waals surface area contributed by atoms with Crippen LogP contribution in [0.1, 0.15) is 12.5 Å². The molecule has 1 aliphatic heterocycles. The molecule has 1 saturated heterocycles. The van der Waals surface area contributed by atoms with E-state index in [1.807, 2.05) is 6.92 Å². The first-order valence-electron chi connectivity index (χ1n) is 8.53. The third-order valence-corrected chi connectivity index (χ3v) is 5.16. The van der Waals surface area contributed by atoms with Crippen molar-refractivity contribution < 1.29 is 23.9 Å². The van der Waals surface area contributed by atoms with Gasteiger partial charge < -0.3 is 9.47 Å². The molecule has 0 spiro atoms. The van der Waals surface area contributed by atoms with Crippen LogP contribution >= 0.6 is 34.2 Å². The number of para-hydroxylation sites is 1. The summed E-state index contributed by atoms with van der Waals surface area (Å²) in [4.78, 5) is 38.5. The quantitative estimate of drug-likeness (QED) is 0.361. The molecule has 29 heavy (non-hydrogen) atoms. The van der Waals surface area contributed by atoms with Crippen molar-refractivity contribution in [2.45, 2.75) is 6.92 Å². The van der Waals surface area contributed by atoms with Crippen LogP contribution < -0.4 is 19.7 Å². The molecule has 0 unspecified atom stereocenters. The predicted molar refractivity (Wildman–Crippen MR) is 117 cm³/mol. The van der Waals surface area contributed by atoms with Crippen LogP contribution in [0.3, 0.4) is 0 Å². The summed E-state index contributed by atoms with van der Waals surface area (Å²) in [6, 6.07) is 8.94. The van der Waals surface area contributed by atoms with E-state index in [1.165, 1.54) is 19.3 Å². The van der Waals surface area contributed by atoms with E-state index in [4.69, 9.17) is 21.1 Å². The first kappa shape index (κ1) is 21.1. The molecule has 9 heteroatoms. The number of hydrogen-bond acceptors (Lipinski definition) is 5. The fourth-order valence-corrected chi connectivity index (χ4v) is 3.87. The monoisotopic (exact) mass is 526 g/mol. The topological polar surface area (TPSA) is 84.9 Å². The summed E-state index contributed by atoms with van der Waals surface area (Å²) in [5, 5.41) is 2.39. The van der Waals surface area contributed by atoms with E-state index in [1.54, 1.807) is 30.3 Å². The van der Waals surface area contributed by atoms with E-state index in [0.29, 0.717) is 23.7 Å². The van der Waals surface area contributed by atoms with Gasteiger partial charge in [0.25, 0.3) is 11.8 Å². The van der Waals surface area contributed by atoms with E-state index in [0.717, 1.165) is 8.47 Å². The minimum atomic E-state index is -0.857. The Morgan fingerprint density at radius 3 is 2.59 bits per heavy atom. The number of anilines is 1. The van der Waals surface area contributed by atoms with E-state index < -0.39 is 17.8 Å². The number of benzene rings is 2. The number of nitrogens with zero attached hydrogens (tertiary/aromatic N) is 1. The highest BCUT2D eigenvalue weighted by atomic mass is 127. The van der Waals surface area contributed by atoms with Crippen molar-refractivity contribution in [2.75, 3.05) is 18.6 Å². The van der Waals surface area contributed by atoms with Crippen molar-refractivity contribution >= 4 is 63.8 Å². The van der Waals surface area contributed by atoms with Gasteiger partial charge in [-0.3, -0.25) is 14.9 Å². The standard InChI is InChI=1S/C20H16ClIN2O5/c1-3-29-16-10-11(9-14(22)17(16)28-2)8-12-18(25)23-20(27)24(19(12)26)15-7-5-4-6-13(15)21/h4-10H,3H2,1-2H3,(H,23,25,27)/b12-8+.